The smallest absolute Gasteiger partial charge is 0.213 e. The van der Waals surface area contributed by atoms with Crippen LogP contribution in [0.3, 0.4) is 0 Å². The number of hydrogen-bond donors (Lipinski definition) is 2. The fourth-order valence-corrected chi connectivity index (χ4v) is 2.01. The van der Waals surface area contributed by atoms with Crippen molar-refractivity contribution in [2.75, 3.05) is 5.73 Å². The molecule has 4 nitrogen and oxygen atoms in total. The fraction of sp³-hybridized carbons (Fsp3) is 0.200. The van der Waals surface area contributed by atoms with E-state index in [1.165, 1.54) is 11.8 Å². The van der Waals surface area contributed by atoms with Gasteiger partial charge in [-0.3, -0.25) is 5.10 Å². The van der Waals surface area contributed by atoms with Gasteiger partial charge in [0.15, 0.2) is 0 Å². The van der Waals surface area contributed by atoms with E-state index in [-0.39, 0.29) is 0 Å². The molecule has 1 aromatic carbocycles. The highest BCUT2D eigenvalue weighted by molar-refractivity contribution is 7.99. The van der Waals surface area contributed by atoms with Gasteiger partial charge in [-0.25, -0.2) is 4.98 Å². The minimum atomic E-state index is 0.697. The first-order valence-electron chi connectivity index (χ1n) is 4.58. The Balaban J connectivity index is 2.24. The predicted octanol–water partition coefficient (Wildman–Crippen LogP) is 2.15. The van der Waals surface area contributed by atoms with Crippen LogP contribution in [0.25, 0.3) is 0 Å². The molecule has 0 saturated heterocycles. The summed E-state index contributed by atoms with van der Waals surface area (Å²) in [6.07, 6.45) is 0. The number of nitrogens with zero attached hydrogens (tertiary/aromatic N) is 2. The molecular formula is C10H12N4S. The lowest BCUT2D eigenvalue weighted by atomic mass is 10.2. The minimum absolute atomic E-state index is 0.697. The van der Waals surface area contributed by atoms with Crippen LogP contribution in [0, 0.1) is 13.8 Å². The van der Waals surface area contributed by atoms with Crippen LogP contribution in [0.5, 0.6) is 0 Å². The van der Waals surface area contributed by atoms with Crippen LogP contribution in [0.15, 0.2) is 28.3 Å². The van der Waals surface area contributed by atoms with Gasteiger partial charge in [0.25, 0.3) is 0 Å². The molecule has 0 radical (unpaired) electrons. The lowest BCUT2D eigenvalue weighted by molar-refractivity contribution is 0.969. The summed E-state index contributed by atoms with van der Waals surface area (Å²) in [4.78, 5) is 5.20. The Morgan fingerprint density at radius 3 is 2.73 bits per heavy atom. The Morgan fingerprint density at radius 2 is 2.13 bits per heavy atom. The Labute approximate surface area is 92.3 Å². The fourth-order valence-electron chi connectivity index (χ4n) is 1.23. The van der Waals surface area contributed by atoms with Crippen molar-refractivity contribution in [1.82, 2.24) is 15.2 Å². The van der Waals surface area contributed by atoms with E-state index in [1.54, 1.807) is 0 Å². The summed E-state index contributed by atoms with van der Waals surface area (Å²) in [6, 6.07) is 5.96. The quantitative estimate of drug-likeness (QED) is 0.761. The van der Waals surface area contributed by atoms with Crippen LogP contribution < -0.4 is 5.73 Å². The summed E-state index contributed by atoms with van der Waals surface area (Å²) < 4.78 is 0. The van der Waals surface area contributed by atoms with Crippen LogP contribution in [0.1, 0.15) is 11.4 Å². The van der Waals surface area contributed by atoms with Gasteiger partial charge < -0.3 is 5.73 Å². The van der Waals surface area contributed by atoms with E-state index in [4.69, 9.17) is 5.73 Å². The number of benzene rings is 1. The lowest BCUT2D eigenvalue weighted by Gasteiger charge is -2.02. The van der Waals surface area contributed by atoms with E-state index in [0.29, 0.717) is 5.16 Å². The lowest BCUT2D eigenvalue weighted by Crippen LogP contribution is -1.89. The van der Waals surface area contributed by atoms with Crippen LogP contribution >= 0.6 is 11.8 Å². The van der Waals surface area contributed by atoms with E-state index in [1.807, 2.05) is 32.0 Å². The van der Waals surface area contributed by atoms with Crippen molar-refractivity contribution in [2.45, 2.75) is 23.9 Å². The van der Waals surface area contributed by atoms with Crippen molar-refractivity contribution in [3.05, 3.63) is 29.6 Å². The highest BCUT2D eigenvalue weighted by Gasteiger charge is 2.05. The van der Waals surface area contributed by atoms with Crippen molar-refractivity contribution in [3.63, 3.8) is 0 Å². The zero-order valence-electron chi connectivity index (χ0n) is 8.61. The van der Waals surface area contributed by atoms with Gasteiger partial charge in [-0.2, -0.15) is 0 Å². The number of nitrogen functional groups attached to an aromatic ring is 1. The molecule has 0 unspecified atom stereocenters. The van der Waals surface area contributed by atoms with Gasteiger partial charge in [0, 0.05) is 10.6 Å². The maximum Gasteiger partial charge on any atom is 0.213 e. The third-order valence-electron chi connectivity index (χ3n) is 1.94. The molecule has 3 N–H and O–H groups in total. The summed E-state index contributed by atoms with van der Waals surface area (Å²) in [5, 5.41) is 7.54. The van der Waals surface area contributed by atoms with Gasteiger partial charge in [0.2, 0.25) is 5.16 Å². The van der Waals surface area contributed by atoms with Gasteiger partial charge in [-0.15, -0.1) is 5.10 Å². The van der Waals surface area contributed by atoms with E-state index in [2.05, 4.69) is 15.2 Å². The maximum absolute atomic E-state index is 5.89. The van der Waals surface area contributed by atoms with Crippen molar-refractivity contribution in [1.29, 1.82) is 0 Å². The number of rotatable bonds is 2. The third kappa shape index (κ3) is 2.30. The van der Waals surface area contributed by atoms with E-state index in [0.717, 1.165) is 22.0 Å². The second kappa shape index (κ2) is 3.94. The van der Waals surface area contributed by atoms with Crippen molar-refractivity contribution < 1.29 is 0 Å². The Morgan fingerprint density at radius 1 is 1.33 bits per heavy atom. The van der Waals surface area contributed by atoms with Gasteiger partial charge in [0.05, 0.1) is 0 Å². The van der Waals surface area contributed by atoms with Crippen LogP contribution in [-0.4, -0.2) is 15.2 Å². The van der Waals surface area contributed by atoms with E-state index < -0.39 is 0 Å². The average Bonchev–Trinajstić information content (AvgIpc) is 2.56. The molecule has 0 aliphatic carbocycles. The molecule has 0 aliphatic heterocycles. The first kappa shape index (κ1) is 10.0. The van der Waals surface area contributed by atoms with Gasteiger partial charge in [-0.05, 0) is 43.3 Å². The number of H-pyrrole nitrogens is 1. The molecule has 0 aliphatic rings. The summed E-state index contributed by atoms with van der Waals surface area (Å²) in [6.45, 7) is 3.89. The van der Waals surface area contributed by atoms with Crippen LogP contribution in [0.4, 0.5) is 5.69 Å². The molecule has 0 atom stereocenters. The molecule has 1 heterocycles. The van der Waals surface area contributed by atoms with Crippen LogP contribution in [-0.2, 0) is 0 Å². The number of nitrogens with one attached hydrogen (secondary N) is 1. The molecule has 0 saturated carbocycles. The van der Waals surface area contributed by atoms with Gasteiger partial charge in [0.1, 0.15) is 5.82 Å². The highest BCUT2D eigenvalue weighted by Crippen LogP contribution is 2.29. The van der Waals surface area contributed by atoms with Gasteiger partial charge >= 0.3 is 0 Å². The second-order valence-electron chi connectivity index (χ2n) is 3.35. The Kier molecular flexibility index (Phi) is 2.64. The summed E-state index contributed by atoms with van der Waals surface area (Å²) in [7, 11) is 0. The van der Waals surface area contributed by atoms with Crippen molar-refractivity contribution in [2.24, 2.45) is 0 Å². The van der Waals surface area contributed by atoms with Gasteiger partial charge in [-0.1, -0.05) is 6.07 Å². The number of nitrogens with two attached hydrogens (primary N) is 1. The molecule has 5 heteroatoms. The number of aromatic amines is 1. The number of hydrogen-bond acceptors (Lipinski definition) is 4. The number of aryl methyl sites for hydroxylation is 2. The normalized spacial score (nSPS) is 10.5. The molecule has 15 heavy (non-hydrogen) atoms. The predicted molar refractivity (Wildman–Crippen MR) is 60.8 cm³/mol. The largest absolute Gasteiger partial charge is 0.398 e. The van der Waals surface area contributed by atoms with Crippen molar-refractivity contribution >= 4 is 17.4 Å². The first-order chi connectivity index (χ1) is 7.15. The molecule has 0 fully saturated rings. The summed E-state index contributed by atoms with van der Waals surface area (Å²) in [5.74, 6) is 0.809. The topological polar surface area (TPSA) is 67.6 Å². The summed E-state index contributed by atoms with van der Waals surface area (Å²) >= 11 is 1.47. The van der Waals surface area contributed by atoms with Crippen molar-refractivity contribution in [3.8, 4) is 0 Å². The minimum Gasteiger partial charge on any atom is -0.398 e. The molecule has 78 valence electrons. The number of anilines is 1. The first-order valence-corrected chi connectivity index (χ1v) is 5.40. The second-order valence-corrected chi connectivity index (χ2v) is 4.36. The zero-order valence-corrected chi connectivity index (χ0v) is 9.43. The third-order valence-corrected chi connectivity index (χ3v) is 2.90. The van der Waals surface area contributed by atoms with E-state index in [9.17, 15) is 0 Å². The summed E-state index contributed by atoms with van der Waals surface area (Å²) in [5.41, 5.74) is 7.81. The Hall–Kier alpha value is -1.49. The molecular weight excluding hydrogens is 208 g/mol. The molecule has 0 bridgehead atoms. The SMILES string of the molecule is Cc1ccc(Sc2n[nH]c(C)n2)c(N)c1. The Bertz CT molecular complexity index is 478. The zero-order chi connectivity index (χ0) is 10.8. The average molecular weight is 220 g/mol. The van der Waals surface area contributed by atoms with Crippen LogP contribution in [0.2, 0.25) is 0 Å². The highest BCUT2D eigenvalue weighted by atomic mass is 32.2. The van der Waals surface area contributed by atoms with E-state index >= 15 is 0 Å². The maximum atomic E-state index is 5.89. The molecule has 2 rings (SSSR count). The molecule has 0 amide bonds. The monoisotopic (exact) mass is 220 g/mol. The molecule has 1 aromatic heterocycles. The molecule has 2 aromatic rings. The molecule has 0 spiro atoms. The standard InChI is InChI=1S/C10H12N4S/c1-6-3-4-9(8(11)5-6)15-10-12-7(2)13-14-10/h3-5H,11H2,1-2H3,(H,12,13,14). The number of aromatic nitrogens is 3.